The first-order chi connectivity index (χ1) is 17.3. The third kappa shape index (κ3) is 4.40. The number of fused-ring (bicyclic) bond motifs is 1. The van der Waals surface area contributed by atoms with Gasteiger partial charge in [0.25, 0.3) is 0 Å². The first-order valence-corrected chi connectivity index (χ1v) is 12.2. The summed E-state index contributed by atoms with van der Waals surface area (Å²) in [6, 6.07) is 7.22. The molecule has 11 heteroatoms. The number of halogens is 2. The maximum absolute atomic E-state index is 13.6. The minimum Gasteiger partial charge on any atom is -0.480 e. The van der Waals surface area contributed by atoms with Gasteiger partial charge in [-0.3, -0.25) is 4.98 Å². The Morgan fingerprint density at radius 1 is 1.28 bits per heavy atom. The molecule has 186 valence electrons. The van der Waals surface area contributed by atoms with Crippen LogP contribution in [0.4, 0.5) is 4.39 Å². The van der Waals surface area contributed by atoms with Gasteiger partial charge in [0.05, 0.1) is 46.3 Å². The summed E-state index contributed by atoms with van der Waals surface area (Å²) in [5.41, 5.74) is 2.39. The molecule has 0 amide bonds. The Kier molecular flexibility index (Phi) is 6.36. The molecule has 0 aliphatic carbocycles. The van der Waals surface area contributed by atoms with E-state index in [4.69, 9.17) is 16.3 Å². The molecule has 4 aromatic rings. The molecule has 1 saturated heterocycles. The number of nitrogens with zero attached hydrogens (tertiary/aromatic N) is 7. The summed E-state index contributed by atoms with van der Waals surface area (Å²) in [6.07, 6.45) is 5.65. The van der Waals surface area contributed by atoms with Crippen molar-refractivity contribution < 1.29 is 9.13 Å². The predicted octanol–water partition coefficient (Wildman–Crippen LogP) is 4.68. The summed E-state index contributed by atoms with van der Waals surface area (Å²) in [7, 11) is 0. The Balaban J connectivity index is 1.60. The van der Waals surface area contributed by atoms with E-state index in [1.165, 1.54) is 18.3 Å². The van der Waals surface area contributed by atoms with Crippen LogP contribution in [-0.4, -0.2) is 42.7 Å². The Bertz CT molecular complexity index is 1430. The fourth-order valence-electron chi connectivity index (χ4n) is 4.58. The van der Waals surface area contributed by atoms with Crippen LogP contribution < -0.4 is 10.1 Å². The van der Waals surface area contributed by atoms with Gasteiger partial charge in [0.2, 0.25) is 0 Å². The molecule has 5 rings (SSSR count). The summed E-state index contributed by atoms with van der Waals surface area (Å²) in [5.74, 6) is -0.0620. The average Bonchev–Trinajstić information content (AvgIpc) is 3.46. The highest BCUT2D eigenvalue weighted by Crippen LogP contribution is 2.40. The summed E-state index contributed by atoms with van der Waals surface area (Å²) in [5, 5.41) is 27.0. The third-order valence-electron chi connectivity index (χ3n) is 6.59. The van der Waals surface area contributed by atoms with Crippen molar-refractivity contribution in [3.63, 3.8) is 0 Å². The van der Waals surface area contributed by atoms with E-state index in [1.54, 1.807) is 18.4 Å². The van der Waals surface area contributed by atoms with Gasteiger partial charge in [0.15, 0.2) is 6.10 Å². The molecule has 1 aliphatic rings. The molecule has 0 spiro atoms. The lowest BCUT2D eigenvalue weighted by atomic mass is 9.86. The zero-order chi connectivity index (χ0) is 25.4. The van der Waals surface area contributed by atoms with E-state index < -0.39 is 17.3 Å². The summed E-state index contributed by atoms with van der Waals surface area (Å²) >= 11 is 6.48. The monoisotopic (exact) mass is 508 g/mol. The van der Waals surface area contributed by atoms with Gasteiger partial charge >= 0.3 is 0 Å². The summed E-state index contributed by atoms with van der Waals surface area (Å²) in [6.45, 7) is 7.39. The van der Waals surface area contributed by atoms with Crippen LogP contribution in [0.5, 0.6) is 5.75 Å². The lowest BCUT2D eigenvalue weighted by Crippen LogP contribution is -2.30. The number of nitrogens with one attached hydrogen (secondary N) is 1. The fourth-order valence-corrected chi connectivity index (χ4v) is 4.80. The number of nitriles is 1. The van der Waals surface area contributed by atoms with Crippen molar-refractivity contribution in [1.29, 1.82) is 5.26 Å². The molecule has 0 bridgehead atoms. The quantitative estimate of drug-likeness (QED) is 0.403. The molecule has 4 aromatic heterocycles. The van der Waals surface area contributed by atoms with Crippen molar-refractivity contribution in [3.8, 4) is 23.1 Å². The topological polar surface area (TPSA) is 106 Å². The van der Waals surface area contributed by atoms with Crippen molar-refractivity contribution in [3.05, 3.63) is 59.0 Å². The number of hydrogen-bond acceptors (Lipinski definition) is 7. The SMILES string of the molecule is Cc1c(-c2cc(OC(c3ccc(F)cn3)C(C)(C)C#N)c3c(Cl)cnn3c2)nnn1C1CCNCC1. The second-order valence-electron chi connectivity index (χ2n) is 9.56. The Morgan fingerprint density at radius 3 is 2.75 bits per heavy atom. The molecule has 1 atom stereocenters. The fraction of sp³-hybridized carbons (Fsp3) is 0.400. The van der Waals surface area contributed by atoms with Gasteiger partial charge in [0, 0.05) is 11.8 Å². The molecule has 1 N–H and O–H groups in total. The first-order valence-electron chi connectivity index (χ1n) is 11.8. The van der Waals surface area contributed by atoms with Gasteiger partial charge < -0.3 is 10.1 Å². The van der Waals surface area contributed by atoms with Crippen LogP contribution in [-0.2, 0) is 0 Å². The zero-order valence-corrected chi connectivity index (χ0v) is 21.0. The number of aromatic nitrogens is 6. The van der Waals surface area contributed by atoms with Crippen molar-refractivity contribution in [2.45, 2.75) is 45.8 Å². The van der Waals surface area contributed by atoms with Gasteiger partial charge in [-0.2, -0.15) is 10.4 Å². The van der Waals surface area contributed by atoms with Gasteiger partial charge in [-0.1, -0.05) is 16.8 Å². The summed E-state index contributed by atoms with van der Waals surface area (Å²) < 4.78 is 23.6. The lowest BCUT2D eigenvalue weighted by molar-refractivity contribution is 0.109. The average molecular weight is 509 g/mol. The highest BCUT2D eigenvalue weighted by Gasteiger charge is 2.35. The largest absolute Gasteiger partial charge is 0.480 e. The van der Waals surface area contributed by atoms with E-state index in [2.05, 4.69) is 31.8 Å². The molecule has 5 heterocycles. The molecule has 36 heavy (non-hydrogen) atoms. The number of rotatable bonds is 6. The van der Waals surface area contributed by atoms with Crippen molar-refractivity contribution in [2.75, 3.05) is 13.1 Å². The minimum atomic E-state index is -0.988. The van der Waals surface area contributed by atoms with E-state index in [0.29, 0.717) is 27.7 Å². The number of ether oxygens (including phenoxy) is 1. The second kappa shape index (κ2) is 9.48. The maximum atomic E-state index is 13.6. The van der Waals surface area contributed by atoms with Gasteiger partial charge in [0.1, 0.15) is 22.8 Å². The standard InChI is InChI=1S/C25H26ClFN8O/c1-15-22(32-33-35(15)18-6-8-29-9-7-18)16-10-21(23-19(26)12-31-34(23)13-16)36-24(25(2,3)14-28)20-5-4-17(27)11-30-20/h4-5,10-13,18,24,29H,6-9H2,1-3H3. The van der Waals surface area contributed by atoms with Crippen LogP contribution in [0, 0.1) is 29.5 Å². The highest BCUT2D eigenvalue weighted by molar-refractivity contribution is 6.34. The van der Waals surface area contributed by atoms with E-state index in [-0.39, 0.29) is 6.04 Å². The van der Waals surface area contributed by atoms with Crippen LogP contribution in [0.2, 0.25) is 5.02 Å². The van der Waals surface area contributed by atoms with Gasteiger partial charge in [-0.25, -0.2) is 13.6 Å². The third-order valence-corrected chi connectivity index (χ3v) is 6.87. The summed E-state index contributed by atoms with van der Waals surface area (Å²) in [4.78, 5) is 4.19. The van der Waals surface area contributed by atoms with Crippen LogP contribution in [0.15, 0.2) is 36.8 Å². The van der Waals surface area contributed by atoms with E-state index in [0.717, 1.165) is 43.4 Å². The van der Waals surface area contributed by atoms with Crippen molar-refractivity contribution in [2.24, 2.45) is 5.41 Å². The van der Waals surface area contributed by atoms with Crippen LogP contribution in [0.3, 0.4) is 0 Å². The van der Waals surface area contributed by atoms with E-state index in [9.17, 15) is 9.65 Å². The normalized spacial score (nSPS) is 15.7. The maximum Gasteiger partial charge on any atom is 0.159 e. The Hall–Kier alpha value is -3.55. The van der Waals surface area contributed by atoms with Crippen molar-refractivity contribution in [1.82, 2.24) is 34.9 Å². The molecule has 0 saturated carbocycles. The van der Waals surface area contributed by atoms with Crippen LogP contribution >= 0.6 is 11.6 Å². The molecule has 0 aromatic carbocycles. The molecule has 1 fully saturated rings. The Labute approximate surface area is 212 Å². The van der Waals surface area contributed by atoms with Crippen LogP contribution in [0.25, 0.3) is 16.8 Å². The van der Waals surface area contributed by atoms with Crippen LogP contribution in [0.1, 0.15) is 50.2 Å². The molecule has 1 unspecified atom stereocenters. The van der Waals surface area contributed by atoms with Gasteiger partial charge in [-0.05, 0) is 64.9 Å². The number of pyridine rings is 2. The minimum absolute atomic E-state index is 0.288. The smallest absolute Gasteiger partial charge is 0.159 e. The highest BCUT2D eigenvalue weighted by atomic mass is 35.5. The van der Waals surface area contributed by atoms with Crippen molar-refractivity contribution >= 4 is 17.1 Å². The predicted molar refractivity (Wildman–Crippen MR) is 132 cm³/mol. The molecule has 1 aliphatic heterocycles. The van der Waals surface area contributed by atoms with E-state index >= 15 is 0 Å². The second-order valence-corrected chi connectivity index (χ2v) is 9.97. The molecular formula is C25H26ClFN8O. The molecule has 0 radical (unpaired) electrons. The number of piperidine rings is 1. The first kappa shape index (κ1) is 24.2. The van der Waals surface area contributed by atoms with E-state index in [1.807, 2.05) is 23.9 Å². The zero-order valence-electron chi connectivity index (χ0n) is 20.2. The lowest BCUT2D eigenvalue weighted by Gasteiger charge is -2.28. The molecular weight excluding hydrogens is 483 g/mol. The number of hydrogen-bond donors (Lipinski definition) is 1. The molecule has 9 nitrogen and oxygen atoms in total. The Morgan fingerprint density at radius 2 is 2.06 bits per heavy atom. The van der Waals surface area contributed by atoms with Gasteiger partial charge in [-0.15, -0.1) is 5.10 Å².